The van der Waals surface area contributed by atoms with E-state index in [0.29, 0.717) is 68.0 Å². The molecule has 0 bridgehead atoms. The van der Waals surface area contributed by atoms with E-state index in [9.17, 15) is 33.0 Å². The van der Waals surface area contributed by atoms with Gasteiger partial charge in [0.1, 0.15) is 53.1 Å². The number of pyridine rings is 4. The van der Waals surface area contributed by atoms with Gasteiger partial charge in [0.15, 0.2) is 39.9 Å². The number of thiol groups is 1. The molecular weight excluding hydrogens is 2020 g/mol. The molecule has 16 rings (SSSR count). The fourth-order valence-corrected chi connectivity index (χ4v) is 19.9. The normalized spacial score (nSPS) is 11.3. The maximum atomic E-state index is 13.2. The number of anilines is 2. The van der Waals surface area contributed by atoms with Crippen molar-refractivity contribution in [2.45, 2.75) is 102 Å². The van der Waals surface area contributed by atoms with Crippen LogP contribution in [0.1, 0.15) is 85.4 Å². The van der Waals surface area contributed by atoms with Crippen LogP contribution in [0.4, 0.5) is 21.1 Å². The second-order valence-corrected chi connectivity index (χ2v) is 40.0. The van der Waals surface area contributed by atoms with E-state index in [2.05, 4.69) is 154 Å². The summed E-state index contributed by atoms with van der Waals surface area (Å²) < 4.78 is 45.2. The number of aromatic nitrogens is 18. The average Bonchev–Trinajstić information content (AvgIpc) is 1.58. The van der Waals surface area contributed by atoms with E-state index in [1.165, 1.54) is 47.8 Å². The van der Waals surface area contributed by atoms with Gasteiger partial charge in [0.2, 0.25) is 0 Å². The van der Waals surface area contributed by atoms with Crippen LogP contribution in [0.2, 0.25) is 0 Å². The summed E-state index contributed by atoms with van der Waals surface area (Å²) in [5.74, 6) is -0.132. The number of carbonyl (C=O) groups excluding carboxylic acids is 3. The molecule has 0 fully saturated rings. The van der Waals surface area contributed by atoms with E-state index < -0.39 is 40.1 Å². The van der Waals surface area contributed by atoms with Crippen molar-refractivity contribution in [3.8, 4) is 0 Å². The number of nitrogens with two attached hydrogens (primary N) is 3. The monoisotopic (exact) mass is 2100 g/mol. The molecule has 1 radical (unpaired) electrons. The molecule has 15 heterocycles. The van der Waals surface area contributed by atoms with Gasteiger partial charge in [-0.3, -0.25) is 28.7 Å². The molecule has 15 aromatic heterocycles. The summed E-state index contributed by atoms with van der Waals surface area (Å²) in [7, 11) is 10.4. The molecule has 0 aliphatic rings. The Bertz CT molecular complexity index is 6810. The van der Waals surface area contributed by atoms with E-state index in [4.69, 9.17) is 27.3 Å². The van der Waals surface area contributed by atoms with Crippen LogP contribution in [0.3, 0.4) is 0 Å². The molecule has 8 N–H and O–H groups in total. The minimum atomic E-state index is -1.16. The van der Waals surface area contributed by atoms with Crippen LogP contribution in [0.15, 0.2) is 166 Å². The molecule has 1 aromatic carbocycles. The molecule has 0 aliphatic carbocycles. The van der Waals surface area contributed by atoms with E-state index in [-0.39, 0.29) is 23.2 Å². The zero-order chi connectivity index (χ0) is 90.9. The summed E-state index contributed by atoms with van der Waals surface area (Å²) in [5, 5.41) is 26.4. The topological polar surface area (TPSA) is 441 Å². The van der Waals surface area contributed by atoms with E-state index >= 15 is 0 Å². The van der Waals surface area contributed by atoms with E-state index in [1.807, 2.05) is 118 Å². The number of carbonyl (C=O) groups is 3. The Labute approximate surface area is 781 Å². The number of nitrogens with one attached hydrogen (secondary N) is 2. The number of hydrogen-bond donors (Lipinski definition) is 6. The summed E-state index contributed by atoms with van der Waals surface area (Å²) in [6.45, 7) is 13.7. The van der Waals surface area contributed by atoms with Gasteiger partial charge in [-0.25, -0.2) is 63.5 Å². The fraction of sp³-hybridized carbons (Fsp3) is 0.273. The molecule has 16 aromatic rings. The Balaban J connectivity index is 0.000000172. The van der Waals surface area contributed by atoms with Gasteiger partial charge >= 0.3 is 36.9 Å². The van der Waals surface area contributed by atoms with Crippen LogP contribution in [0.5, 0.6) is 0 Å². The Morgan fingerprint density at radius 1 is 0.589 bits per heavy atom. The zero-order valence-corrected chi connectivity index (χ0v) is 82.9. The number of alkyl halides is 1. The van der Waals surface area contributed by atoms with Crippen molar-refractivity contribution >= 4 is 286 Å². The number of aryl methyl sites for hydroxylation is 5. The van der Waals surface area contributed by atoms with Gasteiger partial charge in [-0.15, -0.1) is 45.3 Å². The van der Waals surface area contributed by atoms with Crippen molar-refractivity contribution < 1.29 is 28.1 Å². The zero-order valence-electron chi connectivity index (χ0n) is 69.1. The number of hydrogen-bond acceptors (Lipinski definition) is 31. The van der Waals surface area contributed by atoms with Crippen molar-refractivity contribution in [1.82, 2.24) is 87.5 Å². The minimum absolute atomic E-state index is 0.112. The average molecular weight is 2110 g/mol. The summed E-state index contributed by atoms with van der Waals surface area (Å²) in [6.07, 6.45) is 19.4. The summed E-state index contributed by atoms with van der Waals surface area (Å²) in [5.41, 5.74) is 25.5. The van der Waals surface area contributed by atoms with Gasteiger partial charge < -0.3 is 50.4 Å². The predicted molar refractivity (Wildman–Crippen MR) is 520 cm³/mol. The first-order valence-corrected chi connectivity index (χ1v) is 48.6. The second kappa shape index (κ2) is 44.3. The van der Waals surface area contributed by atoms with Crippen LogP contribution < -0.4 is 39.2 Å². The fourth-order valence-electron chi connectivity index (χ4n) is 11.7. The summed E-state index contributed by atoms with van der Waals surface area (Å²) in [4.78, 5) is 106. The van der Waals surface area contributed by atoms with E-state index in [0.717, 1.165) is 101 Å². The molecule has 1 atom stereocenters. The molecule has 3 amide bonds. The number of nitrogen functional groups attached to an aromatic ring is 1. The van der Waals surface area contributed by atoms with Crippen LogP contribution >= 0.6 is 157 Å². The first-order valence-electron chi connectivity index (χ1n) is 36.2. The number of thiazole rings is 4. The number of amides is 3. The molecule has 33 nitrogen and oxygen atoms in total. The van der Waals surface area contributed by atoms with Gasteiger partial charge in [-0.2, -0.15) is 15.3 Å². The number of benzene rings is 1. The van der Waals surface area contributed by atoms with Crippen LogP contribution in [-0.4, -0.2) is 160 Å². The third-order valence-electron chi connectivity index (χ3n) is 16.8. The van der Waals surface area contributed by atoms with Gasteiger partial charge in [0, 0.05) is 98.2 Å². The summed E-state index contributed by atoms with van der Waals surface area (Å²) in [6, 6.07) is 22.4. The molecule has 0 aliphatic heterocycles. The number of halogens is 4. The van der Waals surface area contributed by atoms with Crippen molar-refractivity contribution in [3.05, 3.63) is 200 Å². The van der Waals surface area contributed by atoms with Gasteiger partial charge in [0.05, 0.1) is 67.8 Å². The Hall–Kier alpha value is -9.27. The summed E-state index contributed by atoms with van der Waals surface area (Å²) >= 11 is 27.1. The Morgan fingerprint density at radius 3 is 1.35 bits per heavy atom. The predicted octanol–water partition coefficient (Wildman–Crippen LogP) is 16.3. The number of primary amides is 2. The van der Waals surface area contributed by atoms with Crippen LogP contribution in [0, 0.1) is 12.3 Å². The number of ether oxygens (including phenoxy) is 2. The van der Waals surface area contributed by atoms with E-state index in [1.54, 1.807) is 176 Å². The number of rotatable bonds is 14. The molecule has 1 unspecified atom stereocenters. The van der Waals surface area contributed by atoms with Gasteiger partial charge in [-0.1, -0.05) is 63.3 Å². The first kappa shape index (κ1) is 98.5. The maximum absolute atomic E-state index is 13.2. The van der Waals surface area contributed by atoms with Crippen molar-refractivity contribution in [3.63, 3.8) is 0 Å². The van der Waals surface area contributed by atoms with Gasteiger partial charge in [-0.05, 0) is 204 Å². The molecule has 0 spiro atoms. The third kappa shape index (κ3) is 25.3. The Kier molecular flexibility index (Phi) is 35.2. The third-order valence-corrected chi connectivity index (χ3v) is 27.4. The first-order chi connectivity index (χ1) is 58.7. The quantitative estimate of drug-likeness (QED) is 0.0147. The number of fused-ring (bicyclic) bond motifs is 10. The molecule has 0 saturated carbocycles. The number of nitrogens with zero attached hydrogens (tertiary/aromatic N) is 19. The molecule has 0 saturated heterocycles. The van der Waals surface area contributed by atoms with Crippen molar-refractivity contribution in [2.75, 3.05) is 36.1 Å². The SMILES string of the molecule is BrCc1ccnc(Br)c1.CC(C)(C)OC(N)=O.CSc1nc2c(s1)c(C=N)c(C(N)=O)n2C.CSc1nc2c(s1)c1cnn(Cc3cccc(NC(=O)OC(C)(C)C)c3)c(=O)c1n2C.CSc1nc2c(s1)c1cnn(Cc3ccnc(Br)c3)c(=O)c1n2C.Cc1ccnc(Br)c1.Cn1c2nc(S(C)=O)sc2c2cnn(Cc3ccnc(N)c3)c(=O)c21.[B]=NS. The van der Waals surface area contributed by atoms with Crippen LogP contribution in [0.25, 0.3) is 74.1 Å². The molecule has 47 heteroatoms. The molecular formula is C77H82BBr4N24O9S9. The number of thioether (sulfide) groups is 3. The molecule has 124 heavy (non-hydrogen) atoms. The second-order valence-electron chi connectivity index (χ2n) is 28.0. The standard InChI is InChI=1S/C21H23N5O3S2.C15H12BrN5OS2.C15H14N6O2S2.C9H10N4OS2.C6H5Br2N.C6H6BrN.C5H11NO2.BHNS/c1-21(2,3)29-19(28)23-13-8-6-7-12(9-13)11-26-18(27)15-14(10-22-26)16-17(25(15)4)24-20(30-5)31-16;1-20-11-9(12-13(20)19-15(23-2)24-12)6-18-21(14(11)22)7-8-3-4-17-10(16)5-8;1-20-11-9(12-13(20)19-15(24-12)25(2)23)6-18-21(14(11)22)7-8-3-4-17-10(16)5-8;1-13-5(7(11)14)4(3-10)6-8(13)12-9(15-2)16-6;7-4-5-1-2-9-6(8)3-5;1-5-2-3-8-6(7)4-5;1-5(2,3)8-4(6)7;1-2-3/h6-10H,11H2,1-5H3,(H,23,28);3-6H,7H2,1-2H3;3-6H,7H2,1-2H3,(H2,16,17);3,10H,1-2H3,(H2,11,14);1-3H,4H2;2-4H,1H3;1-3H3,(H2,6,7);3H. The Morgan fingerprint density at radius 2 is 0.984 bits per heavy atom. The van der Waals surface area contributed by atoms with Gasteiger partial charge in [0.25, 0.3) is 22.6 Å². The molecule has 649 valence electrons. The van der Waals surface area contributed by atoms with Crippen molar-refractivity contribution in [1.29, 1.82) is 5.41 Å². The van der Waals surface area contributed by atoms with Crippen molar-refractivity contribution in [2.24, 2.45) is 44.0 Å². The van der Waals surface area contributed by atoms with Crippen LogP contribution in [-0.2, 0) is 73.4 Å².